The number of rotatable bonds is 4. The molecule has 2 aromatic rings. The Balaban J connectivity index is 2.02. The Morgan fingerprint density at radius 3 is 2.59 bits per heavy atom. The summed E-state index contributed by atoms with van der Waals surface area (Å²) < 4.78 is 2.04. The van der Waals surface area contributed by atoms with E-state index in [9.17, 15) is 14.4 Å². The van der Waals surface area contributed by atoms with Gasteiger partial charge in [-0.3, -0.25) is 19.3 Å². The molecule has 2 heterocycles. The van der Waals surface area contributed by atoms with E-state index in [1.807, 2.05) is 49.6 Å². The number of aryl methyl sites for hydroxylation is 2. The van der Waals surface area contributed by atoms with E-state index in [4.69, 9.17) is 16.7 Å². The van der Waals surface area contributed by atoms with Crippen LogP contribution >= 0.6 is 23.4 Å². The number of halogens is 1. The summed E-state index contributed by atoms with van der Waals surface area (Å²) in [5.41, 5.74) is 4.62. The Kier molecular flexibility index (Phi) is 5.17. The third-order valence-electron chi connectivity index (χ3n) is 4.34. The minimum absolute atomic E-state index is 0.212. The predicted molar refractivity (Wildman–Crippen MR) is 105 cm³/mol. The Bertz CT molecular complexity index is 1010. The first kappa shape index (κ1) is 19.3. The topological polar surface area (TPSA) is 79.6 Å². The fourth-order valence-corrected chi connectivity index (χ4v) is 4.04. The monoisotopic (exact) mass is 404 g/mol. The van der Waals surface area contributed by atoms with Crippen molar-refractivity contribution in [2.45, 2.75) is 20.8 Å². The van der Waals surface area contributed by atoms with E-state index < -0.39 is 23.7 Å². The van der Waals surface area contributed by atoms with Gasteiger partial charge in [-0.1, -0.05) is 17.7 Å². The van der Waals surface area contributed by atoms with Gasteiger partial charge in [0, 0.05) is 22.1 Å². The van der Waals surface area contributed by atoms with Crippen LogP contribution in [0.2, 0.25) is 5.02 Å². The Labute approximate surface area is 165 Å². The zero-order valence-electron chi connectivity index (χ0n) is 14.9. The molecule has 0 atom stereocenters. The molecule has 1 aliphatic heterocycles. The van der Waals surface area contributed by atoms with Gasteiger partial charge >= 0.3 is 5.97 Å². The van der Waals surface area contributed by atoms with Crippen LogP contribution in [0.15, 0.2) is 29.2 Å². The molecule has 6 nitrogen and oxygen atoms in total. The van der Waals surface area contributed by atoms with Crippen molar-refractivity contribution in [1.29, 1.82) is 0 Å². The molecule has 27 heavy (non-hydrogen) atoms. The standard InChI is InChI=1S/C19H17ClN2O4S/c1-10-4-5-14(20)8-15(10)22-11(2)6-13(12(22)3)7-16-18(25)21(9-17(23)24)19(26)27-16/h4-8H,9H2,1-3H3,(H,23,24)/b16-7+. The number of hydrogen-bond acceptors (Lipinski definition) is 4. The molecule has 0 aliphatic carbocycles. The average molecular weight is 405 g/mol. The van der Waals surface area contributed by atoms with Gasteiger partial charge in [-0.05, 0) is 67.9 Å². The van der Waals surface area contributed by atoms with Crippen molar-refractivity contribution in [3.8, 4) is 5.69 Å². The van der Waals surface area contributed by atoms with Crippen LogP contribution in [0, 0.1) is 20.8 Å². The fraction of sp³-hybridized carbons (Fsp3) is 0.211. The highest BCUT2D eigenvalue weighted by Crippen LogP contribution is 2.34. The molecule has 1 N–H and O–H groups in total. The van der Waals surface area contributed by atoms with Crippen LogP contribution in [-0.2, 0) is 9.59 Å². The Morgan fingerprint density at radius 2 is 1.93 bits per heavy atom. The SMILES string of the molecule is Cc1ccc(Cl)cc1-n1c(C)cc(/C=C2/SC(=O)N(CC(=O)O)C2=O)c1C. The van der Waals surface area contributed by atoms with E-state index in [1.165, 1.54) is 0 Å². The van der Waals surface area contributed by atoms with Gasteiger partial charge in [-0.15, -0.1) is 0 Å². The van der Waals surface area contributed by atoms with E-state index in [1.54, 1.807) is 6.08 Å². The van der Waals surface area contributed by atoms with Crippen LogP contribution in [-0.4, -0.2) is 38.2 Å². The van der Waals surface area contributed by atoms with Gasteiger partial charge in [-0.2, -0.15) is 0 Å². The zero-order valence-corrected chi connectivity index (χ0v) is 16.5. The largest absolute Gasteiger partial charge is 0.480 e. The number of carboxylic acid groups (broad SMARTS) is 1. The quantitative estimate of drug-likeness (QED) is 0.773. The zero-order chi connectivity index (χ0) is 19.9. The fourth-order valence-electron chi connectivity index (χ4n) is 3.04. The number of imide groups is 1. The molecule has 3 rings (SSSR count). The molecule has 1 fully saturated rings. The lowest BCUT2D eigenvalue weighted by Gasteiger charge is -2.13. The van der Waals surface area contributed by atoms with Crippen molar-refractivity contribution in [2.75, 3.05) is 6.54 Å². The number of amides is 2. The molecule has 0 spiro atoms. The van der Waals surface area contributed by atoms with E-state index in [-0.39, 0.29) is 4.91 Å². The summed E-state index contributed by atoms with van der Waals surface area (Å²) in [4.78, 5) is 36.1. The predicted octanol–water partition coefficient (Wildman–Crippen LogP) is 4.18. The highest BCUT2D eigenvalue weighted by molar-refractivity contribution is 8.18. The van der Waals surface area contributed by atoms with Crippen molar-refractivity contribution in [1.82, 2.24) is 9.47 Å². The van der Waals surface area contributed by atoms with Crippen molar-refractivity contribution in [3.05, 3.63) is 56.7 Å². The van der Waals surface area contributed by atoms with Crippen LogP contribution < -0.4 is 0 Å². The smallest absolute Gasteiger partial charge is 0.323 e. The van der Waals surface area contributed by atoms with Crippen LogP contribution in [0.4, 0.5) is 4.79 Å². The summed E-state index contributed by atoms with van der Waals surface area (Å²) in [6.45, 7) is 5.21. The van der Waals surface area contributed by atoms with E-state index >= 15 is 0 Å². The van der Waals surface area contributed by atoms with Crippen LogP contribution in [0.1, 0.15) is 22.5 Å². The van der Waals surface area contributed by atoms with Gasteiger partial charge < -0.3 is 9.67 Å². The number of nitrogens with zero attached hydrogens (tertiary/aromatic N) is 2. The van der Waals surface area contributed by atoms with Crippen molar-refractivity contribution in [3.63, 3.8) is 0 Å². The van der Waals surface area contributed by atoms with Crippen LogP contribution in [0.5, 0.6) is 0 Å². The second-order valence-electron chi connectivity index (χ2n) is 6.25. The molecule has 0 radical (unpaired) electrons. The lowest BCUT2D eigenvalue weighted by atomic mass is 10.2. The minimum atomic E-state index is -1.23. The molecule has 1 aromatic carbocycles. The molecule has 140 valence electrons. The minimum Gasteiger partial charge on any atom is -0.480 e. The molecular weight excluding hydrogens is 388 g/mol. The molecule has 8 heteroatoms. The van der Waals surface area contributed by atoms with Crippen molar-refractivity contribution >= 4 is 46.6 Å². The molecular formula is C19H17ClN2O4S. The molecule has 1 aromatic heterocycles. The first-order valence-electron chi connectivity index (χ1n) is 8.11. The number of thioether (sulfide) groups is 1. The maximum Gasteiger partial charge on any atom is 0.323 e. The van der Waals surface area contributed by atoms with E-state index in [0.29, 0.717) is 5.02 Å². The van der Waals surface area contributed by atoms with Crippen molar-refractivity contribution < 1.29 is 19.5 Å². The highest BCUT2D eigenvalue weighted by Gasteiger charge is 2.36. The first-order chi connectivity index (χ1) is 12.7. The van der Waals surface area contributed by atoms with Gasteiger partial charge in [0.2, 0.25) is 0 Å². The third-order valence-corrected chi connectivity index (χ3v) is 5.48. The number of aliphatic carboxylic acids is 1. The number of benzene rings is 1. The van der Waals surface area contributed by atoms with Crippen molar-refractivity contribution in [2.24, 2.45) is 0 Å². The molecule has 0 unspecified atom stereocenters. The van der Waals surface area contributed by atoms with Gasteiger partial charge in [-0.25, -0.2) is 0 Å². The number of aromatic nitrogens is 1. The van der Waals surface area contributed by atoms with Crippen LogP contribution in [0.25, 0.3) is 11.8 Å². The number of hydrogen-bond donors (Lipinski definition) is 1. The summed E-state index contributed by atoms with van der Waals surface area (Å²) in [6, 6.07) is 7.56. The maximum absolute atomic E-state index is 12.4. The number of carbonyl (C=O) groups is 3. The summed E-state index contributed by atoms with van der Waals surface area (Å²) in [6.07, 6.45) is 1.63. The second-order valence-corrected chi connectivity index (χ2v) is 7.68. The van der Waals surface area contributed by atoms with Crippen LogP contribution in [0.3, 0.4) is 0 Å². The molecule has 2 amide bonds. The number of carboxylic acids is 1. The Morgan fingerprint density at radius 1 is 1.22 bits per heavy atom. The Hall–Kier alpha value is -2.51. The molecule has 1 saturated heterocycles. The summed E-state index contributed by atoms with van der Waals surface area (Å²) >= 11 is 6.89. The normalized spacial score (nSPS) is 15.9. The molecule has 1 aliphatic rings. The number of carbonyl (C=O) groups excluding carboxylic acids is 2. The first-order valence-corrected chi connectivity index (χ1v) is 9.31. The van der Waals surface area contributed by atoms with Gasteiger partial charge in [0.1, 0.15) is 6.54 Å². The summed E-state index contributed by atoms with van der Waals surface area (Å²) in [7, 11) is 0. The van der Waals surface area contributed by atoms with Gasteiger partial charge in [0.05, 0.1) is 4.91 Å². The highest BCUT2D eigenvalue weighted by atomic mass is 35.5. The van der Waals surface area contributed by atoms with E-state index in [2.05, 4.69) is 0 Å². The summed E-state index contributed by atoms with van der Waals surface area (Å²) in [5.74, 6) is -1.82. The average Bonchev–Trinajstić information content (AvgIpc) is 3.00. The second kappa shape index (κ2) is 7.25. The maximum atomic E-state index is 12.4. The lowest BCUT2D eigenvalue weighted by molar-refractivity contribution is -0.140. The lowest BCUT2D eigenvalue weighted by Crippen LogP contribution is -2.33. The third kappa shape index (κ3) is 3.65. The molecule has 0 bridgehead atoms. The summed E-state index contributed by atoms with van der Waals surface area (Å²) in [5, 5.41) is 8.90. The molecule has 0 saturated carbocycles. The van der Waals surface area contributed by atoms with E-state index in [0.717, 1.165) is 44.9 Å². The van der Waals surface area contributed by atoms with Gasteiger partial charge in [0.15, 0.2) is 0 Å². The van der Waals surface area contributed by atoms with Gasteiger partial charge in [0.25, 0.3) is 11.1 Å².